The van der Waals surface area contributed by atoms with Crippen molar-refractivity contribution in [2.24, 2.45) is 11.8 Å². The van der Waals surface area contributed by atoms with E-state index in [0.717, 1.165) is 5.75 Å². The Morgan fingerprint density at radius 3 is 2.47 bits per heavy atom. The van der Waals surface area contributed by atoms with Crippen LogP contribution in [0.4, 0.5) is 4.79 Å². The van der Waals surface area contributed by atoms with E-state index >= 15 is 0 Å². The van der Waals surface area contributed by atoms with Crippen molar-refractivity contribution in [1.82, 2.24) is 4.90 Å². The van der Waals surface area contributed by atoms with E-state index in [-0.39, 0.29) is 23.8 Å². The van der Waals surface area contributed by atoms with Crippen LogP contribution in [0.3, 0.4) is 0 Å². The summed E-state index contributed by atoms with van der Waals surface area (Å²) in [6.07, 6.45) is -0.297. The fourth-order valence-corrected chi connectivity index (χ4v) is 4.31. The molecule has 3 atom stereocenters. The van der Waals surface area contributed by atoms with Gasteiger partial charge in [-0.05, 0) is 68.5 Å². The van der Waals surface area contributed by atoms with Gasteiger partial charge in [0.15, 0.2) is 0 Å². The molecule has 1 saturated heterocycles. The molecule has 0 bridgehead atoms. The number of ether oxygens (including phenoxy) is 3. The second kappa shape index (κ2) is 9.95. The van der Waals surface area contributed by atoms with Gasteiger partial charge in [0.05, 0.1) is 25.3 Å². The first-order valence-corrected chi connectivity index (χ1v) is 10.9. The van der Waals surface area contributed by atoms with Gasteiger partial charge in [-0.3, -0.25) is 0 Å². The monoisotopic (exact) mass is 436 g/mol. The number of methoxy groups -OCH3 is 1. The van der Waals surface area contributed by atoms with Gasteiger partial charge in [0, 0.05) is 19.0 Å². The van der Waals surface area contributed by atoms with Crippen molar-refractivity contribution in [3.05, 3.63) is 59.7 Å². The summed E-state index contributed by atoms with van der Waals surface area (Å²) in [5.41, 5.74) is 1.21. The molecule has 1 aliphatic rings. The zero-order valence-electron chi connectivity index (χ0n) is 19.5. The lowest BCUT2D eigenvalue weighted by Crippen LogP contribution is -2.50. The SMILES string of the molecule is COc1ccc([C@@H]2C(C)CN(C(=O)OC(C)(C)C)C[C@H]2COc2cccc(C#N)c2)cc1. The summed E-state index contributed by atoms with van der Waals surface area (Å²) in [6.45, 7) is 9.37. The Morgan fingerprint density at radius 2 is 1.84 bits per heavy atom. The first kappa shape index (κ1) is 23.5. The Bertz CT molecular complexity index is 959. The summed E-state index contributed by atoms with van der Waals surface area (Å²) in [7, 11) is 1.66. The topological polar surface area (TPSA) is 71.8 Å². The zero-order chi connectivity index (χ0) is 23.3. The largest absolute Gasteiger partial charge is 0.497 e. The predicted molar refractivity (Wildman–Crippen MR) is 123 cm³/mol. The number of likely N-dealkylation sites (tertiary alicyclic amines) is 1. The van der Waals surface area contributed by atoms with E-state index in [1.165, 1.54) is 5.56 Å². The molecule has 1 amide bonds. The second-order valence-electron chi connectivity index (χ2n) is 9.37. The fourth-order valence-electron chi connectivity index (χ4n) is 4.31. The molecule has 6 heteroatoms. The molecule has 170 valence electrons. The van der Waals surface area contributed by atoms with Gasteiger partial charge < -0.3 is 19.1 Å². The van der Waals surface area contributed by atoms with Crippen LogP contribution < -0.4 is 9.47 Å². The molecule has 1 heterocycles. The van der Waals surface area contributed by atoms with Gasteiger partial charge >= 0.3 is 6.09 Å². The number of hydrogen-bond acceptors (Lipinski definition) is 5. The van der Waals surface area contributed by atoms with Crippen molar-refractivity contribution >= 4 is 6.09 Å². The molecule has 0 radical (unpaired) electrons. The average Bonchev–Trinajstić information content (AvgIpc) is 2.76. The number of rotatable bonds is 5. The van der Waals surface area contributed by atoms with Gasteiger partial charge in [-0.15, -0.1) is 0 Å². The number of carbonyl (C=O) groups is 1. The highest BCUT2D eigenvalue weighted by Gasteiger charge is 2.39. The molecule has 2 aromatic carbocycles. The van der Waals surface area contributed by atoms with Crippen molar-refractivity contribution in [2.45, 2.75) is 39.2 Å². The number of hydrogen-bond donors (Lipinski definition) is 0. The van der Waals surface area contributed by atoms with Crippen molar-refractivity contribution in [3.8, 4) is 17.6 Å². The Balaban J connectivity index is 1.83. The Hall–Kier alpha value is -3.20. The van der Waals surface area contributed by atoms with E-state index in [1.54, 1.807) is 24.1 Å². The van der Waals surface area contributed by atoms with Crippen LogP contribution in [-0.4, -0.2) is 43.4 Å². The zero-order valence-corrected chi connectivity index (χ0v) is 19.5. The molecule has 0 aliphatic carbocycles. The van der Waals surface area contributed by atoms with E-state index < -0.39 is 5.60 Å². The quantitative estimate of drug-likeness (QED) is 0.642. The molecule has 6 nitrogen and oxygen atoms in total. The maximum Gasteiger partial charge on any atom is 0.410 e. The lowest BCUT2D eigenvalue weighted by Gasteiger charge is -2.43. The van der Waals surface area contributed by atoms with Crippen LogP contribution in [0.15, 0.2) is 48.5 Å². The van der Waals surface area contributed by atoms with Crippen LogP contribution in [0.5, 0.6) is 11.5 Å². The number of nitrogens with zero attached hydrogens (tertiary/aromatic N) is 2. The third-order valence-electron chi connectivity index (χ3n) is 5.66. The third-order valence-corrected chi connectivity index (χ3v) is 5.66. The van der Waals surface area contributed by atoms with E-state index in [4.69, 9.17) is 19.5 Å². The highest BCUT2D eigenvalue weighted by Crippen LogP contribution is 2.38. The molecule has 1 aliphatic heterocycles. The lowest BCUT2D eigenvalue weighted by molar-refractivity contribution is 0.00264. The molecule has 0 N–H and O–H groups in total. The van der Waals surface area contributed by atoms with Crippen LogP contribution in [-0.2, 0) is 4.74 Å². The first-order chi connectivity index (χ1) is 15.2. The van der Waals surface area contributed by atoms with Crippen molar-refractivity contribution in [2.75, 3.05) is 26.8 Å². The lowest BCUT2D eigenvalue weighted by atomic mass is 9.74. The molecular weight excluding hydrogens is 404 g/mol. The van der Waals surface area contributed by atoms with Gasteiger partial charge in [0.2, 0.25) is 0 Å². The summed E-state index contributed by atoms with van der Waals surface area (Å²) in [6, 6.07) is 17.4. The summed E-state index contributed by atoms with van der Waals surface area (Å²) in [5.74, 6) is 1.95. The third kappa shape index (κ3) is 5.94. The summed E-state index contributed by atoms with van der Waals surface area (Å²) in [5, 5.41) is 9.16. The molecule has 2 aromatic rings. The van der Waals surface area contributed by atoms with Crippen LogP contribution in [0.2, 0.25) is 0 Å². The van der Waals surface area contributed by atoms with Gasteiger partial charge in [-0.1, -0.05) is 25.1 Å². The van der Waals surface area contributed by atoms with E-state index in [2.05, 4.69) is 25.1 Å². The highest BCUT2D eigenvalue weighted by atomic mass is 16.6. The smallest absolute Gasteiger partial charge is 0.410 e. The van der Waals surface area contributed by atoms with Crippen molar-refractivity contribution in [1.29, 1.82) is 5.26 Å². The number of nitriles is 1. The summed E-state index contributed by atoms with van der Waals surface area (Å²) in [4.78, 5) is 14.6. The van der Waals surface area contributed by atoms with E-state index in [9.17, 15) is 4.79 Å². The van der Waals surface area contributed by atoms with Gasteiger partial charge in [-0.25, -0.2) is 4.79 Å². The van der Waals surface area contributed by atoms with Crippen LogP contribution in [0.1, 0.15) is 44.7 Å². The number of amides is 1. The molecule has 1 fully saturated rings. The molecule has 0 aromatic heterocycles. The molecule has 1 unspecified atom stereocenters. The molecule has 3 rings (SSSR count). The average molecular weight is 437 g/mol. The minimum absolute atomic E-state index is 0.0606. The number of carbonyl (C=O) groups excluding carboxylic acids is 1. The maximum atomic E-state index is 12.8. The molecular formula is C26H32N2O4. The Labute approximate surface area is 190 Å². The Morgan fingerprint density at radius 1 is 1.12 bits per heavy atom. The maximum absolute atomic E-state index is 12.8. The van der Waals surface area contributed by atoms with Crippen molar-refractivity contribution < 1.29 is 19.0 Å². The summed E-state index contributed by atoms with van der Waals surface area (Å²) >= 11 is 0. The minimum Gasteiger partial charge on any atom is -0.497 e. The standard InChI is InChI=1S/C26H32N2O4/c1-18-15-28(25(29)32-26(2,3)4)16-21(17-31-23-8-6-7-19(13-23)14-27)24(18)20-9-11-22(30-5)12-10-20/h6-13,18,21,24H,15-17H2,1-5H3/t18?,21-,24-/m0/s1. The fraction of sp³-hybridized carbons (Fsp3) is 0.462. The van der Waals surface area contributed by atoms with Crippen LogP contribution in [0.25, 0.3) is 0 Å². The number of benzene rings is 2. The van der Waals surface area contributed by atoms with Gasteiger partial charge in [0.1, 0.15) is 17.1 Å². The first-order valence-electron chi connectivity index (χ1n) is 10.9. The van der Waals surface area contributed by atoms with E-state index in [0.29, 0.717) is 31.0 Å². The van der Waals surface area contributed by atoms with Crippen molar-refractivity contribution in [3.63, 3.8) is 0 Å². The normalized spacial score (nSPS) is 20.9. The van der Waals surface area contributed by atoms with Gasteiger partial charge in [0.25, 0.3) is 0 Å². The van der Waals surface area contributed by atoms with Gasteiger partial charge in [-0.2, -0.15) is 5.26 Å². The Kier molecular flexibility index (Phi) is 7.29. The predicted octanol–water partition coefficient (Wildman–Crippen LogP) is 5.23. The molecule has 32 heavy (non-hydrogen) atoms. The number of piperidine rings is 1. The summed E-state index contributed by atoms with van der Waals surface area (Å²) < 4.78 is 17.1. The molecule has 0 saturated carbocycles. The second-order valence-corrected chi connectivity index (χ2v) is 9.37. The van der Waals surface area contributed by atoms with Crippen LogP contribution >= 0.6 is 0 Å². The van der Waals surface area contributed by atoms with E-state index in [1.807, 2.05) is 45.0 Å². The van der Waals surface area contributed by atoms with Crippen LogP contribution in [0, 0.1) is 23.2 Å². The minimum atomic E-state index is -0.545. The highest BCUT2D eigenvalue weighted by molar-refractivity contribution is 5.68. The molecule has 0 spiro atoms.